The molecule has 0 spiro atoms. The summed E-state index contributed by atoms with van der Waals surface area (Å²) in [6, 6.07) is 0. The molecule has 0 amide bonds. The van der Waals surface area contributed by atoms with E-state index in [1.165, 1.54) is 38.5 Å². The van der Waals surface area contributed by atoms with Crippen LogP contribution in [-0.2, 0) is 0 Å². The minimum absolute atomic E-state index is 1.08. The summed E-state index contributed by atoms with van der Waals surface area (Å²) in [5.74, 6) is 0. The van der Waals surface area contributed by atoms with Gasteiger partial charge >= 0.3 is 0 Å². The molecule has 0 unspecified atom stereocenters. The molecule has 0 saturated carbocycles. The van der Waals surface area contributed by atoms with Gasteiger partial charge in [-0.05, 0) is 50.1 Å². The van der Waals surface area contributed by atoms with Crippen LogP contribution in [0.1, 0.15) is 51.4 Å². The standard InChI is InChI=1S/C14H20N2S2/c17-13-15-11-9-7-5-3-1-2-4-6-8-10-12-16-14-18/h9-12H,1-8H2. The molecule has 0 atom stereocenters. The molecule has 0 aliphatic rings. The van der Waals surface area contributed by atoms with Gasteiger partial charge in [0.25, 0.3) is 0 Å². The Morgan fingerprint density at radius 1 is 0.667 bits per heavy atom. The zero-order valence-electron chi connectivity index (χ0n) is 10.7. The molecule has 0 aromatic heterocycles. The SMILES string of the molecule is S=C=NC=CCCCCCCCCC=CN=C=S. The lowest BCUT2D eigenvalue weighted by molar-refractivity contribution is 0.600. The molecule has 0 aliphatic heterocycles. The van der Waals surface area contributed by atoms with E-state index in [2.05, 4.69) is 44.7 Å². The number of allylic oxidation sites excluding steroid dienone is 2. The molecule has 0 N–H and O–H groups in total. The molecule has 0 radical (unpaired) electrons. The highest BCUT2D eigenvalue weighted by molar-refractivity contribution is 7.78. The number of nitrogens with zero attached hydrogens (tertiary/aromatic N) is 2. The van der Waals surface area contributed by atoms with Crippen molar-refractivity contribution in [2.75, 3.05) is 0 Å². The third kappa shape index (κ3) is 15.1. The van der Waals surface area contributed by atoms with Gasteiger partial charge < -0.3 is 0 Å². The van der Waals surface area contributed by atoms with Gasteiger partial charge in [-0.15, -0.1) is 0 Å². The second kappa shape index (κ2) is 16.1. The van der Waals surface area contributed by atoms with Crippen molar-refractivity contribution in [1.82, 2.24) is 0 Å². The van der Waals surface area contributed by atoms with Crippen LogP contribution in [0, 0.1) is 0 Å². The zero-order valence-corrected chi connectivity index (χ0v) is 12.3. The monoisotopic (exact) mass is 280 g/mol. The van der Waals surface area contributed by atoms with E-state index in [9.17, 15) is 0 Å². The van der Waals surface area contributed by atoms with Gasteiger partial charge in [0.1, 0.15) is 0 Å². The number of unbranched alkanes of at least 4 members (excludes halogenated alkanes) is 7. The van der Waals surface area contributed by atoms with Gasteiger partial charge in [-0.1, -0.05) is 37.8 Å². The summed E-state index contributed by atoms with van der Waals surface area (Å²) in [5, 5.41) is 4.62. The number of isothiocyanates is 2. The highest BCUT2D eigenvalue weighted by atomic mass is 32.1. The van der Waals surface area contributed by atoms with Gasteiger partial charge in [0, 0.05) is 12.4 Å². The average Bonchev–Trinajstić information content (AvgIpc) is 2.39. The van der Waals surface area contributed by atoms with Gasteiger partial charge in [-0.2, -0.15) is 0 Å². The Balaban J connectivity index is 3.16. The van der Waals surface area contributed by atoms with Crippen molar-refractivity contribution in [2.24, 2.45) is 9.98 Å². The first-order valence-corrected chi connectivity index (χ1v) is 7.17. The van der Waals surface area contributed by atoms with Crippen molar-refractivity contribution in [3.05, 3.63) is 24.6 Å². The molecule has 0 aromatic rings. The van der Waals surface area contributed by atoms with Crippen LogP contribution in [0.3, 0.4) is 0 Å². The molecule has 98 valence electrons. The number of aliphatic imine (C=N–C) groups is 2. The Kier molecular flexibility index (Phi) is 15.3. The molecule has 2 nitrogen and oxygen atoms in total. The van der Waals surface area contributed by atoms with Crippen molar-refractivity contribution in [2.45, 2.75) is 51.4 Å². The minimum Gasteiger partial charge on any atom is -0.203 e. The van der Waals surface area contributed by atoms with E-state index < -0.39 is 0 Å². The molecule has 18 heavy (non-hydrogen) atoms. The van der Waals surface area contributed by atoms with E-state index in [1.807, 2.05) is 12.2 Å². The first-order valence-electron chi connectivity index (χ1n) is 6.36. The second-order valence-corrected chi connectivity index (χ2v) is 4.27. The summed E-state index contributed by atoms with van der Waals surface area (Å²) < 4.78 is 0. The molecule has 0 fully saturated rings. The topological polar surface area (TPSA) is 24.7 Å². The van der Waals surface area contributed by atoms with Crippen LogP contribution in [-0.4, -0.2) is 10.3 Å². The van der Waals surface area contributed by atoms with Crippen molar-refractivity contribution < 1.29 is 0 Å². The number of thiocarbonyl (C=S) groups is 2. The van der Waals surface area contributed by atoms with Crippen molar-refractivity contribution in [1.29, 1.82) is 0 Å². The molecule has 0 aromatic carbocycles. The van der Waals surface area contributed by atoms with Crippen LogP contribution in [0.15, 0.2) is 34.5 Å². The smallest absolute Gasteiger partial charge is 0.0634 e. The molecule has 0 saturated heterocycles. The number of hydrogen-bond donors (Lipinski definition) is 0. The first kappa shape index (κ1) is 17.1. The summed E-state index contributed by atoms with van der Waals surface area (Å²) in [6.07, 6.45) is 17.4. The lowest BCUT2D eigenvalue weighted by Gasteiger charge is -1.98. The average molecular weight is 280 g/mol. The van der Waals surface area contributed by atoms with E-state index in [0.29, 0.717) is 0 Å². The van der Waals surface area contributed by atoms with Crippen LogP contribution in [0.4, 0.5) is 0 Å². The summed E-state index contributed by atoms with van der Waals surface area (Å²) in [5.41, 5.74) is 0. The third-order valence-electron chi connectivity index (χ3n) is 2.46. The summed E-state index contributed by atoms with van der Waals surface area (Å²) in [7, 11) is 0. The molecule has 0 aliphatic carbocycles. The van der Waals surface area contributed by atoms with Crippen LogP contribution in [0.2, 0.25) is 0 Å². The molecular weight excluding hydrogens is 260 g/mol. The molecule has 0 bridgehead atoms. The maximum atomic E-state index is 4.46. The van der Waals surface area contributed by atoms with Gasteiger partial charge in [-0.3, -0.25) is 0 Å². The summed E-state index contributed by atoms with van der Waals surface area (Å²) in [4.78, 5) is 7.44. The predicted molar refractivity (Wildman–Crippen MR) is 85.3 cm³/mol. The van der Waals surface area contributed by atoms with E-state index >= 15 is 0 Å². The van der Waals surface area contributed by atoms with E-state index in [-0.39, 0.29) is 0 Å². The predicted octanol–water partition coefficient (Wildman–Crippen LogP) is 5.34. The van der Waals surface area contributed by atoms with Crippen LogP contribution < -0.4 is 0 Å². The second-order valence-electron chi connectivity index (χ2n) is 3.91. The lowest BCUT2D eigenvalue weighted by atomic mass is 10.1. The normalized spacial score (nSPS) is 10.4. The number of rotatable bonds is 11. The Morgan fingerprint density at radius 2 is 1.06 bits per heavy atom. The fourth-order valence-corrected chi connectivity index (χ4v) is 1.67. The molecule has 4 heteroatoms. The van der Waals surface area contributed by atoms with Crippen LogP contribution in [0.25, 0.3) is 0 Å². The maximum Gasteiger partial charge on any atom is 0.0634 e. The van der Waals surface area contributed by atoms with Crippen molar-refractivity contribution in [3.63, 3.8) is 0 Å². The Morgan fingerprint density at radius 3 is 1.44 bits per heavy atom. The Hall–Kier alpha value is -0.920. The fraction of sp³-hybridized carbons (Fsp3) is 0.571. The van der Waals surface area contributed by atoms with Gasteiger partial charge in [0.05, 0.1) is 10.3 Å². The quantitative estimate of drug-likeness (QED) is 0.290. The molecule has 0 rings (SSSR count). The molecular formula is C14H20N2S2. The van der Waals surface area contributed by atoms with Gasteiger partial charge in [0.15, 0.2) is 0 Å². The fourth-order valence-electron chi connectivity index (χ4n) is 1.55. The highest BCUT2D eigenvalue weighted by Crippen LogP contribution is 2.09. The van der Waals surface area contributed by atoms with E-state index in [1.54, 1.807) is 12.4 Å². The van der Waals surface area contributed by atoms with E-state index in [4.69, 9.17) is 0 Å². The minimum atomic E-state index is 1.08. The maximum absolute atomic E-state index is 4.46. The highest BCUT2D eigenvalue weighted by Gasteiger charge is 1.89. The van der Waals surface area contributed by atoms with E-state index in [0.717, 1.165) is 12.8 Å². The first-order chi connectivity index (χ1) is 8.91. The number of hydrogen-bond acceptors (Lipinski definition) is 4. The molecule has 0 heterocycles. The van der Waals surface area contributed by atoms with Gasteiger partial charge in [0.2, 0.25) is 0 Å². The third-order valence-corrected chi connectivity index (χ3v) is 2.67. The zero-order chi connectivity index (χ0) is 13.3. The summed E-state index contributed by atoms with van der Waals surface area (Å²) in [6.45, 7) is 0. The summed E-state index contributed by atoms with van der Waals surface area (Å²) >= 11 is 8.92. The van der Waals surface area contributed by atoms with Crippen molar-refractivity contribution >= 4 is 34.8 Å². The van der Waals surface area contributed by atoms with Crippen molar-refractivity contribution in [3.8, 4) is 0 Å². The van der Waals surface area contributed by atoms with Crippen LogP contribution in [0.5, 0.6) is 0 Å². The largest absolute Gasteiger partial charge is 0.203 e. The van der Waals surface area contributed by atoms with Crippen LogP contribution >= 0.6 is 24.4 Å². The lowest BCUT2D eigenvalue weighted by Crippen LogP contribution is -1.79. The Bertz CT molecular complexity index is 302. The Labute approximate surface area is 121 Å². The van der Waals surface area contributed by atoms with Gasteiger partial charge in [-0.25, -0.2) is 9.98 Å².